The first-order chi connectivity index (χ1) is 18.4. The highest BCUT2D eigenvalue weighted by Crippen LogP contribution is 2.38. The zero-order chi connectivity index (χ0) is 28.7. The Kier molecular flexibility index (Phi) is 9.33. The SMILES string of the molecule is C=CC(=O)Nc1cc(Nc2ncnc(Nc3cnc(F)cc3C(C)(C)O)n2)c(OC)cc1N(C)CCN(C)C. The van der Waals surface area contributed by atoms with Crippen molar-refractivity contribution in [2.45, 2.75) is 19.4 Å². The van der Waals surface area contributed by atoms with Crippen molar-refractivity contribution in [2.75, 3.05) is 62.2 Å². The van der Waals surface area contributed by atoms with E-state index in [2.05, 4.69) is 47.4 Å². The van der Waals surface area contributed by atoms with Crippen LogP contribution in [-0.4, -0.2) is 77.2 Å². The van der Waals surface area contributed by atoms with Crippen LogP contribution in [0.2, 0.25) is 0 Å². The maximum absolute atomic E-state index is 13.7. The fourth-order valence-electron chi connectivity index (χ4n) is 3.60. The molecular weight excluding hydrogens is 505 g/mol. The minimum Gasteiger partial charge on any atom is -0.494 e. The summed E-state index contributed by atoms with van der Waals surface area (Å²) in [6.07, 6.45) is 3.73. The number of amides is 1. The van der Waals surface area contributed by atoms with Gasteiger partial charge in [0, 0.05) is 37.8 Å². The lowest BCUT2D eigenvalue weighted by Crippen LogP contribution is -2.29. The van der Waals surface area contributed by atoms with Crippen molar-refractivity contribution in [3.63, 3.8) is 0 Å². The molecule has 1 amide bonds. The molecule has 1 aromatic carbocycles. The number of nitrogens with zero attached hydrogens (tertiary/aromatic N) is 6. The lowest BCUT2D eigenvalue weighted by Gasteiger charge is -2.26. The monoisotopic (exact) mass is 539 g/mol. The van der Waals surface area contributed by atoms with Crippen LogP contribution in [0.15, 0.2) is 43.4 Å². The predicted molar refractivity (Wildman–Crippen MR) is 149 cm³/mol. The second-order valence-electron chi connectivity index (χ2n) is 9.48. The number of aromatic nitrogens is 4. The summed E-state index contributed by atoms with van der Waals surface area (Å²) in [4.78, 5) is 32.6. The normalized spacial score (nSPS) is 11.2. The van der Waals surface area contributed by atoms with Gasteiger partial charge in [-0.3, -0.25) is 4.79 Å². The molecule has 0 bridgehead atoms. The molecule has 0 atom stereocenters. The van der Waals surface area contributed by atoms with Gasteiger partial charge < -0.3 is 35.6 Å². The summed E-state index contributed by atoms with van der Waals surface area (Å²) >= 11 is 0. The van der Waals surface area contributed by atoms with Crippen molar-refractivity contribution < 1.29 is 19.0 Å². The number of hydrogen-bond acceptors (Lipinski definition) is 11. The number of hydrogen-bond donors (Lipinski definition) is 4. The molecule has 2 heterocycles. The van der Waals surface area contributed by atoms with Gasteiger partial charge in [-0.05, 0) is 40.1 Å². The Morgan fingerprint density at radius 3 is 2.33 bits per heavy atom. The van der Waals surface area contributed by atoms with Gasteiger partial charge in [0.15, 0.2) is 0 Å². The van der Waals surface area contributed by atoms with Crippen molar-refractivity contribution in [1.82, 2.24) is 24.8 Å². The predicted octanol–water partition coefficient (Wildman–Crippen LogP) is 3.25. The topological polar surface area (TPSA) is 141 Å². The number of carbonyl (C=O) groups is 1. The van der Waals surface area contributed by atoms with E-state index in [0.717, 1.165) is 18.3 Å². The van der Waals surface area contributed by atoms with E-state index in [1.807, 2.05) is 26.0 Å². The number of methoxy groups -OCH3 is 1. The number of ether oxygens (including phenoxy) is 1. The van der Waals surface area contributed by atoms with Gasteiger partial charge in [-0.15, -0.1) is 0 Å². The van der Waals surface area contributed by atoms with Gasteiger partial charge in [-0.25, -0.2) is 15.0 Å². The second-order valence-corrected chi connectivity index (χ2v) is 9.48. The number of carbonyl (C=O) groups excluding carboxylic acids is 1. The van der Waals surface area contributed by atoms with Gasteiger partial charge in [-0.1, -0.05) is 6.58 Å². The molecule has 208 valence electrons. The van der Waals surface area contributed by atoms with Gasteiger partial charge in [0.25, 0.3) is 0 Å². The Morgan fingerprint density at radius 1 is 1.08 bits per heavy atom. The van der Waals surface area contributed by atoms with Gasteiger partial charge in [0.05, 0.1) is 41.7 Å². The summed E-state index contributed by atoms with van der Waals surface area (Å²) in [6.45, 7) is 8.10. The molecule has 0 saturated heterocycles. The quantitative estimate of drug-likeness (QED) is 0.199. The molecule has 2 aromatic heterocycles. The van der Waals surface area contributed by atoms with Crippen molar-refractivity contribution in [3.8, 4) is 5.75 Å². The standard InChI is InChI=1S/C26H34FN9O3/c1-8-23(37)31-17-12-18(21(39-7)13-20(17)36(6)10-9-35(4)5)32-24-29-15-30-25(34-24)33-19-14-28-22(27)11-16(19)26(2,3)38/h8,11-15,38H,1,9-10H2,2-7H3,(H,31,37)(H2,29,30,32,33,34). The fourth-order valence-corrected chi connectivity index (χ4v) is 3.60. The molecule has 13 heteroatoms. The van der Waals surface area contributed by atoms with Crippen LogP contribution in [-0.2, 0) is 10.4 Å². The number of benzene rings is 1. The first kappa shape index (κ1) is 29.2. The summed E-state index contributed by atoms with van der Waals surface area (Å²) in [6, 6.07) is 4.66. The summed E-state index contributed by atoms with van der Waals surface area (Å²) in [5.41, 5.74) is 1.03. The molecule has 0 spiro atoms. The number of halogens is 1. The number of anilines is 6. The summed E-state index contributed by atoms with van der Waals surface area (Å²) < 4.78 is 19.4. The summed E-state index contributed by atoms with van der Waals surface area (Å²) in [7, 11) is 7.42. The molecule has 0 aliphatic carbocycles. The Bertz CT molecular complexity index is 1330. The van der Waals surface area contributed by atoms with Crippen LogP contribution in [0.4, 0.5) is 39.0 Å². The van der Waals surface area contributed by atoms with Crippen LogP contribution in [0.5, 0.6) is 5.75 Å². The Balaban J connectivity index is 1.95. The molecule has 0 radical (unpaired) electrons. The molecule has 39 heavy (non-hydrogen) atoms. The third-order valence-corrected chi connectivity index (χ3v) is 5.65. The van der Waals surface area contributed by atoms with Gasteiger partial charge in [0.2, 0.25) is 23.8 Å². The van der Waals surface area contributed by atoms with Gasteiger partial charge >= 0.3 is 0 Å². The van der Waals surface area contributed by atoms with Crippen molar-refractivity contribution >= 4 is 40.6 Å². The van der Waals surface area contributed by atoms with Crippen LogP contribution < -0.4 is 25.6 Å². The van der Waals surface area contributed by atoms with Crippen molar-refractivity contribution in [3.05, 3.63) is 54.9 Å². The van der Waals surface area contributed by atoms with Crippen LogP contribution >= 0.6 is 0 Å². The van der Waals surface area contributed by atoms with E-state index in [1.165, 1.54) is 39.6 Å². The third kappa shape index (κ3) is 7.82. The van der Waals surface area contributed by atoms with E-state index in [0.29, 0.717) is 29.4 Å². The van der Waals surface area contributed by atoms with E-state index < -0.39 is 11.5 Å². The lowest BCUT2D eigenvalue weighted by molar-refractivity contribution is -0.111. The molecule has 3 rings (SSSR count). The highest BCUT2D eigenvalue weighted by atomic mass is 19.1. The number of likely N-dealkylation sites (N-methyl/N-ethyl adjacent to an activating group) is 2. The second kappa shape index (κ2) is 12.5. The maximum atomic E-state index is 13.7. The molecule has 3 aromatic rings. The molecule has 0 unspecified atom stereocenters. The van der Waals surface area contributed by atoms with Crippen molar-refractivity contribution in [2.24, 2.45) is 0 Å². The van der Waals surface area contributed by atoms with Crippen molar-refractivity contribution in [1.29, 1.82) is 0 Å². The molecule has 0 fully saturated rings. The first-order valence-corrected chi connectivity index (χ1v) is 12.0. The Morgan fingerprint density at radius 2 is 1.74 bits per heavy atom. The average molecular weight is 540 g/mol. The Labute approximate surface area is 227 Å². The average Bonchev–Trinajstić information content (AvgIpc) is 2.88. The van der Waals surface area contributed by atoms with E-state index in [-0.39, 0.29) is 23.4 Å². The molecule has 4 N–H and O–H groups in total. The summed E-state index contributed by atoms with van der Waals surface area (Å²) in [5.74, 6) is -0.306. The molecule has 0 saturated carbocycles. The van der Waals surface area contributed by atoms with E-state index in [1.54, 1.807) is 12.1 Å². The number of pyridine rings is 1. The third-order valence-electron chi connectivity index (χ3n) is 5.65. The zero-order valence-corrected chi connectivity index (χ0v) is 22.9. The number of rotatable bonds is 12. The van der Waals surface area contributed by atoms with Crippen LogP contribution in [0.1, 0.15) is 19.4 Å². The first-order valence-electron chi connectivity index (χ1n) is 12.0. The highest BCUT2D eigenvalue weighted by molar-refractivity contribution is 6.02. The molecular formula is C26H34FN9O3. The molecule has 0 aliphatic rings. The van der Waals surface area contributed by atoms with E-state index in [9.17, 15) is 14.3 Å². The lowest BCUT2D eigenvalue weighted by atomic mass is 9.98. The largest absolute Gasteiger partial charge is 0.494 e. The number of aliphatic hydroxyl groups is 1. The van der Waals surface area contributed by atoms with Gasteiger partial charge in [-0.2, -0.15) is 9.37 Å². The minimum atomic E-state index is -1.35. The van der Waals surface area contributed by atoms with Crippen LogP contribution in [0.3, 0.4) is 0 Å². The summed E-state index contributed by atoms with van der Waals surface area (Å²) in [5, 5.41) is 19.3. The van der Waals surface area contributed by atoms with Crippen LogP contribution in [0.25, 0.3) is 0 Å². The smallest absolute Gasteiger partial charge is 0.247 e. The Hall–Kier alpha value is -4.36. The number of nitrogens with one attached hydrogen (secondary N) is 3. The molecule has 12 nitrogen and oxygen atoms in total. The highest BCUT2D eigenvalue weighted by Gasteiger charge is 2.22. The van der Waals surface area contributed by atoms with Crippen LogP contribution in [0, 0.1) is 5.95 Å². The van der Waals surface area contributed by atoms with E-state index in [4.69, 9.17) is 4.74 Å². The maximum Gasteiger partial charge on any atom is 0.247 e. The zero-order valence-electron chi connectivity index (χ0n) is 22.9. The molecule has 0 aliphatic heterocycles. The minimum absolute atomic E-state index is 0.130. The van der Waals surface area contributed by atoms with E-state index >= 15 is 0 Å². The van der Waals surface area contributed by atoms with Gasteiger partial charge in [0.1, 0.15) is 12.1 Å². The fraction of sp³-hybridized carbons (Fsp3) is 0.346.